The summed E-state index contributed by atoms with van der Waals surface area (Å²) in [6.45, 7) is 11.3. The average Bonchev–Trinajstić information content (AvgIpc) is 3.43. The Morgan fingerprint density at radius 2 is 2.02 bits per heavy atom. The van der Waals surface area contributed by atoms with Gasteiger partial charge in [-0.3, -0.25) is 9.59 Å². The first kappa shape index (κ1) is 40.8. The zero-order valence-corrected chi connectivity index (χ0v) is 30.7. The lowest BCUT2D eigenvalue weighted by Crippen LogP contribution is -2.58. The lowest BCUT2D eigenvalue weighted by Gasteiger charge is -2.43. The minimum Gasteiger partial charge on any atom is -0.505 e. The summed E-state index contributed by atoms with van der Waals surface area (Å²) in [4.78, 5) is 47.6. The van der Waals surface area contributed by atoms with E-state index in [2.05, 4.69) is 32.4 Å². The molecule has 1 aromatic carbocycles. The summed E-state index contributed by atoms with van der Waals surface area (Å²) in [6.07, 6.45) is 1.59. The number of hydrazone groups is 1. The van der Waals surface area contributed by atoms with Crippen molar-refractivity contribution < 1.29 is 33.4 Å². The standard InChI is InChI=1S/C26H31FN6O6.C8H10ClN.C2H6/c1-16-21(28-2)20(24(36)33(11-12-34)31-23(29-3)17-6-13-38-14-7-17)26(39-16)8-10-32(15-19(26)27)25(37)22-18(35)5-4-9-30-22;1-6-3-4-8(10-2)7(9)5-6;1-2/h4-6,9,12,16,19,28,35H,3,7-8,10-11,13-15H2,1-2H3;3-5,10H,1-2H3;1-2H3/b31-23-;;. The molecular formula is C36H47ClFN7O6. The van der Waals surface area contributed by atoms with Crippen LogP contribution in [0.1, 0.15) is 49.7 Å². The minimum absolute atomic E-state index is 0.00671. The second kappa shape index (κ2) is 19.1. The number of carbonyl (C=O) groups excluding carboxylic acids is 3. The van der Waals surface area contributed by atoms with E-state index in [4.69, 9.17) is 21.1 Å². The van der Waals surface area contributed by atoms with Crippen LogP contribution in [0.3, 0.4) is 0 Å². The van der Waals surface area contributed by atoms with Crippen LogP contribution in [0.2, 0.25) is 5.02 Å². The van der Waals surface area contributed by atoms with Crippen molar-refractivity contribution in [3.8, 4) is 5.75 Å². The Labute approximate surface area is 303 Å². The molecule has 0 aliphatic carbocycles. The van der Waals surface area contributed by atoms with Crippen molar-refractivity contribution in [1.82, 2.24) is 20.2 Å². The van der Waals surface area contributed by atoms with Crippen LogP contribution in [-0.4, -0.2) is 115 Å². The fourth-order valence-corrected chi connectivity index (χ4v) is 6.25. The Morgan fingerprint density at radius 3 is 2.59 bits per heavy atom. The van der Waals surface area contributed by atoms with Gasteiger partial charge in [0.25, 0.3) is 11.8 Å². The smallest absolute Gasteiger partial charge is 0.276 e. The van der Waals surface area contributed by atoms with Gasteiger partial charge in [0.1, 0.15) is 24.2 Å². The Bertz CT molecular complexity index is 1670. The van der Waals surface area contributed by atoms with Gasteiger partial charge in [0.2, 0.25) is 0 Å². The molecule has 51 heavy (non-hydrogen) atoms. The molecule has 3 aliphatic heterocycles. The van der Waals surface area contributed by atoms with Crippen LogP contribution in [0.15, 0.2) is 69.5 Å². The number of aromatic nitrogens is 1. The highest BCUT2D eigenvalue weighted by Crippen LogP contribution is 2.45. The second-order valence-corrected chi connectivity index (χ2v) is 11.9. The molecule has 1 spiro atoms. The highest BCUT2D eigenvalue weighted by Gasteiger charge is 2.57. The summed E-state index contributed by atoms with van der Waals surface area (Å²) in [5.41, 5.74) is 1.33. The number of pyridine rings is 1. The highest BCUT2D eigenvalue weighted by molar-refractivity contribution is 6.33. The number of aliphatic imine (C=N–C) groups is 1. The first-order valence-corrected chi connectivity index (χ1v) is 17.1. The largest absolute Gasteiger partial charge is 0.505 e. The van der Waals surface area contributed by atoms with Gasteiger partial charge in [-0.25, -0.2) is 19.4 Å². The van der Waals surface area contributed by atoms with E-state index in [1.807, 2.05) is 46.0 Å². The zero-order valence-electron chi connectivity index (χ0n) is 29.9. The number of amidine groups is 1. The number of nitrogens with one attached hydrogen (secondary N) is 2. The number of carbonyl (C=O) groups is 3. The Kier molecular flexibility index (Phi) is 15.3. The van der Waals surface area contributed by atoms with Gasteiger partial charge in [-0.1, -0.05) is 37.6 Å². The number of hydrogen-bond acceptors (Lipinski definition) is 10. The van der Waals surface area contributed by atoms with E-state index in [1.54, 1.807) is 20.0 Å². The predicted molar refractivity (Wildman–Crippen MR) is 196 cm³/mol. The van der Waals surface area contributed by atoms with Crippen LogP contribution in [-0.2, 0) is 19.1 Å². The summed E-state index contributed by atoms with van der Waals surface area (Å²) in [5.74, 6) is -1.52. The number of aryl methyl sites for hydroxylation is 1. The number of amides is 2. The van der Waals surface area contributed by atoms with E-state index in [0.717, 1.165) is 15.7 Å². The number of likely N-dealkylation sites (tertiary alicyclic amines) is 1. The number of aromatic hydroxyl groups is 1. The molecule has 3 N–H and O–H groups in total. The number of halogens is 2. The number of alkyl halides is 1. The highest BCUT2D eigenvalue weighted by atomic mass is 35.5. The molecule has 13 nitrogen and oxygen atoms in total. The average molecular weight is 728 g/mol. The van der Waals surface area contributed by atoms with Gasteiger partial charge in [0.05, 0.1) is 47.8 Å². The van der Waals surface area contributed by atoms with E-state index in [0.29, 0.717) is 37.2 Å². The molecule has 276 valence electrons. The summed E-state index contributed by atoms with van der Waals surface area (Å²) < 4.78 is 27.6. The maximum atomic E-state index is 16.1. The van der Waals surface area contributed by atoms with Gasteiger partial charge < -0.3 is 34.9 Å². The van der Waals surface area contributed by atoms with Crippen molar-refractivity contribution in [3.05, 3.63) is 75.7 Å². The molecule has 15 heteroatoms. The summed E-state index contributed by atoms with van der Waals surface area (Å²) >= 11 is 5.87. The molecule has 5 rings (SSSR count). The number of anilines is 1. The molecule has 2 amide bonds. The van der Waals surface area contributed by atoms with Gasteiger partial charge in [-0.2, -0.15) is 0 Å². The topological polar surface area (TPSA) is 158 Å². The molecule has 1 saturated heterocycles. The maximum Gasteiger partial charge on any atom is 0.276 e. The van der Waals surface area contributed by atoms with Gasteiger partial charge in [-0.15, -0.1) is 5.10 Å². The molecule has 2 aromatic rings. The number of hydrogen-bond donors (Lipinski definition) is 3. The summed E-state index contributed by atoms with van der Waals surface area (Å²) in [6, 6.07) is 8.73. The Hall–Kier alpha value is -4.66. The van der Waals surface area contributed by atoms with Crippen LogP contribution in [0, 0.1) is 6.92 Å². The van der Waals surface area contributed by atoms with Crippen LogP contribution in [0.4, 0.5) is 10.1 Å². The molecule has 1 aromatic heterocycles. The van der Waals surface area contributed by atoms with Crippen molar-refractivity contribution in [3.63, 3.8) is 0 Å². The Balaban J connectivity index is 0.000000499. The van der Waals surface area contributed by atoms with Crippen LogP contribution in [0.5, 0.6) is 5.75 Å². The van der Waals surface area contributed by atoms with Crippen LogP contribution >= 0.6 is 11.6 Å². The maximum absolute atomic E-state index is 16.1. The fraction of sp³-hybridized carbons (Fsp3) is 0.444. The Morgan fingerprint density at radius 1 is 1.27 bits per heavy atom. The number of likely N-dealkylation sites (N-methyl/N-ethyl adjacent to an activating group) is 1. The molecule has 4 heterocycles. The molecule has 3 atom stereocenters. The van der Waals surface area contributed by atoms with Crippen LogP contribution < -0.4 is 10.6 Å². The molecule has 1 fully saturated rings. The minimum atomic E-state index is -1.81. The summed E-state index contributed by atoms with van der Waals surface area (Å²) in [5, 5.41) is 22.0. The van der Waals surface area contributed by atoms with E-state index in [-0.39, 0.29) is 35.8 Å². The lowest BCUT2D eigenvalue weighted by atomic mass is 9.81. The summed E-state index contributed by atoms with van der Waals surface area (Å²) in [7, 11) is 3.45. The molecular weight excluding hydrogens is 681 g/mol. The lowest BCUT2D eigenvalue weighted by molar-refractivity contribution is -0.138. The van der Waals surface area contributed by atoms with E-state index in [1.165, 1.54) is 28.8 Å². The third kappa shape index (κ3) is 9.37. The monoisotopic (exact) mass is 727 g/mol. The van der Waals surface area contributed by atoms with Crippen molar-refractivity contribution >= 4 is 47.9 Å². The number of piperidine rings is 1. The normalized spacial score (nSPS) is 21.4. The number of ether oxygens (including phenoxy) is 2. The second-order valence-electron chi connectivity index (χ2n) is 11.5. The van der Waals surface area contributed by atoms with E-state index in [9.17, 15) is 19.5 Å². The first-order chi connectivity index (χ1) is 24.5. The first-order valence-electron chi connectivity index (χ1n) is 16.7. The van der Waals surface area contributed by atoms with Gasteiger partial charge in [0.15, 0.2) is 17.7 Å². The zero-order chi connectivity index (χ0) is 37.7. The quantitative estimate of drug-likeness (QED) is 0.152. The number of nitrogens with zero attached hydrogens (tertiary/aromatic N) is 5. The molecule has 0 bridgehead atoms. The SMILES string of the molecule is C=N/C(=N\N(CC=O)C(=O)C1=C(NC)C(C)OC12CCN(C(=O)c1ncccc1O)CC2F)C1=CCOCC1.CC.CNc1ccc(C)cc1Cl. The number of aldehydes is 1. The fourth-order valence-electron chi connectivity index (χ4n) is 5.92. The molecule has 0 radical (unpaired) electrons. The number of benzene rings is 1. The van der Waals surface area contributed by atoms with Crippen molar-refractivity contribution in [1.29, 1.82) is 0 Å². The number of rotatable bonds is 8. The van der Waals surface area contributed by atoms with Gasteiger partial charge in [-0.05, 0) is 62.4 Å². The molecule has 3 unspecified atom stereocenters. The third-order valence-electron chi connectivity index (χ3n) is 8.38. The van der Waals surface area contributed by atoms with Crippen molar-refractivity contribution in [2.24, 2.45) is 10.1 Å². The van der Waals surface area contributed by atoms with Gasteiger partial charge >= 0.3 is 0 Å². The van der Waals surface area contributed by atoms with Gasteiger partial charge in [0, 0.05) is 33.3 Å². The molecule has 0 saturated carbocycles. The van der Waals surface area contributed by atoms with Crippen molar-refractivity contribution in [2.45, 2.75) is 58.4 Å². The van der Waals surface area contributed by atoms with Crippen LogP contribution in [0.25, 0.3) is 0 Å². The molecule has 3 aliphatic rings. The van der Waals surface area contributed by atoms with Crippen molar-refractivity contribution in [2.75, 3.05) is 52.3 Å². The van der Waals surface area contributed by atoms with E-state index >= 15 is 4.39 Å². The van der Waals surface area contributed by atoms with E-state index < -0.39 is 42.8 Å². The predicted octanol–water partition coefficient (Wildman–Crippen LogP) is 4.71. The third-order valence-corrected chi connectivity index (χ3v) is 8.69.